The van der Waals surface area contributed by atoms with Gasteiger partial charge in [-0.1, -0.05) is 25.5 Å². The van der Waals surface area contributed by atoms with Gasteiger partial charge in [-0.2, -0.15) is 8.78 Å². The topological polar surface area (TPSA) is 21.3 Å². The lowest BCUT2D eigenvalue weighted by Crippen LogP contribution is -2.32. The molecule has 4 heteroatoms. The molecule has 1 aromatic rings. The molecule has 19 heavy (non-hydrogen) atoms. The molecule has 0 spiro atoms. The SMILES string of the molecule is CCCNC(c1ccc(OC(F)F)cc1)C1CCC1. The Labute approximate surface area is 113 Å². The average Bonchev–Trinajstić information content (AvgIpc) is 2.32. The molecule has 1 atom stereocenters. The summed E-state index contributed by atoms with van der Waals surface area (Å²) >= 11 is 0. The van der Waals surface area contributed by atoms with Crippen LogP contribution in [0.4, 0.5) is 8.78 Å². The van der Waals surface area contributed by atoms with Gasteiger partial charge in [-0.15, -0.1) is 0 Å². The number of alkyl halides is 2. The minimum absolute atomic E-state index is 0.224. The second kappa shape index (κ2) is 6.85. The Bertz CT molecular complexity index is 376. The molecule has 1 unspecified atom stereocenters. The number of hydrogen-bond acceptors (Lipinski definition) is 2. The molecule has 0 amide bonds. The molecule has 0 radical (unpaired) electrons. The van der Waals surface area contributed by atoms with Gasteiger partial charge in [0, 0.05) is 6.04 Å². The molecule has 2 rings (SSSR count). The van der Waals surface area contributed by atoms with Gasteiger partial charge in [0.2, 0.25) is 0 Å². The summed E-state index contributed by atoms with van der Waals surface area (Å²) in [5, 5.41) is 3.56. The second-order valence-corrected chi connectivity index (χ2v) is 5.07. The van der Waals surface area contributed by atoms with Crippen molar-refractivity contribution in [2.75, 3.05) is 6.54 Å². The van der Waals surface area contributed by atoms with Gasteiger partial charge < -0.3 is 10.1 Å². The molecule has 0 bridgehead atoms. The fourth-order valence-electron chi connectivity index (χ4n) is 2.49. The molecule has 1 fully saturated rings. The highest BCUT2D eigenvalue weighted by Gasteiger charge is 2.27. The van der Waals surface area contributed by atoms with E-state index in [-0.39, 0.29) is 5.75 Å². The monoisotopic (exact) mass is 269 g/mol. The second-order valence-electron chi connectivity index (χ2n) is 5.07. The zero-order valence-electron chi connectivity index (χ0n) is 11.2. The molecule has 106 valence electrons. The highest BCUT2D eigenvalue weighted by atomic mass is 19.3. The van der Waals surface area contributed by atoms with E-state index in [1.807, 2.05) is 12.1 Å². The van der Waals surface area contributed by atoms with Crippen molar-refractivity contribution in [2.24, 2.45) is 5.92 Å². The maximum absolute atomic E-state index is 12.1. The van der Waals surface area contributed by atoms with E-state index < -0.39 is 6.61 Å². The third kappa shape index (κ3) is 3.90. The van der Waals surface area contributed by atoms with E-state index in [1.165, 1.54) is 24.8 Å². The zero-order chi connectivity index (χ0) is 13.7. The molecule has 1 aliphatic carbocycles. The highest BCUT2D eigenvalue weighted by Crippen LogP contribution is 2.38. The lowest BCUT2D eigenvalue weighted by atomic mass is 9.77. The Kier molecular flexibility index (Phi) is 5.14. The van der Waals surface area contributed by atoms with Crippen LogP contribution in [-0.2, 0) is 0 Å². The lowest BCUT2D eigenvalue weighted by Gasteiger charge is -2.35. The number of halogens is 2. The summed E-state index contributed by atoms with van der Waals surface area (Å²) in [4.78, 5) is 0. The van der Waals surface area contributed by atoms with Crippen molar-refractivity contribution in [3.05, 3.63) is 29.8 Å². The average molecular weight is 269 g/mol. The van der Waals surface area contributed by atoms with Gasteiger partial charge in [-0.3, -0.25) is 0 Å². The van der Waals surface area contributed by atoms with Crippen molar-refractivity contribution < 1.29 is 13.5 Å². The van der Waals surface area contributed by atoms with Gasteiger partial charge in [0.25, 0.3) is 0 Å². The molecule has 0 saturated heterocycles. The molecule has 1 saturated carbocycles. The van der Waals surface area contributed by atoms with Crippen LogP contribution < -0.4 is 10.1 Å². The van der Waals surface area contributed by atoms with Crippen LogP contribution in [0.3, 0.4) is 0 Å². The van der Waals surface area contributed by atoms with Gasteiger partial charge >= 0.3 is 6.61 Å². The van der Waals surface area contributed by atoms with E-state index in [0.29, 0.717) is 12.0 Å². The number of nitrogens with one attached hydrogen (secondary N) is 1. The molecule has 1 aliphatic rings. The third-order valence-corrected chi connectivity index (χ3v) is 3.70. The molecule has 0 heterocycles. The Balaban J connectivity index is 2.03. The fraction of sp³-hybridized carbons (Fsp3) is 0.600. The molecule has 2 nitrogen and oxygen atoms in total. The Morgan fingerprint density at radius 3 is 2.42 bits per heavy atom. The molecule has 1 aromatic carbocycles. The molecule has 0 aliphatic heterocycles. The molecule has 1 N–H and O–H groups in total. The van der Waals surface area contributed by atoms with Crippen molar-refractivity contribution in [2.45, 2.75) is 45.3 Å². The van der Waals surface area contributed by atoms with E-state index in [0.717, 1.165) is 13.0 Å². The summed E-state index contributed by atoms with van der Waals surface area (Å²) in [6.45, 7) is 0.368. The van der Waals surface area contributed by atoms with E-state index in [4.69, 9.17) is 0 Å². The molecular weight excluding hydrogens is 248 g/mol. The van der Waals surface area contributed by atoms with Crippen LogP contribution >= 0.6 is 0 Å². The van der Waals surface area contributed by atoms with Gasteiger partial charge in [-0.25, -0.2) is 0 Å². The summed E-state index contributed by atoms with van der Waals surface area (Å²) in [6.07, 6.45) is 4.88. The number of ether oxygens (including phenoxy) is 1. The Hall–Kier alpha value is -1.16. The van der Waals surface area contributed by atoms with E-state index in [2.05, 4.69) is 17.0 Å². The van der Waals surface area contributed by atoms with Crippen LogP contribution in [0, 0.1) is 5.92 Å². The smallest absolute Gasteiger partial charge is 0.387 e. The Morgan fingerprint density at radius 1 is 1.26 bits per heavy atom. The summed E-state index contributed by atoms with van der Waals surface area (Å²) in [7, 11) is 0. The van der Waals surface area contributed by atoms with Crippen LogP contribution in [0.25, 0.3) is 0 Å². The first-order chi connectivity index (χ1) is 9.20. The standard InChI is InChI=1S/C15H21F2NO/c1-2-10-18-14(11-4-3-5-11)12-6-8-13(9-7-12)19-15(16)17/h6-9,11,14-15,18H,2-5,10H2,1H3. The molecular formula is C15H21F2NO. The summed E-state index contributed by atoms with van der Waals surface area (Å²) in [5.41, 5.74) is 1.17. The van der Waals surface area contributed by atoms with Gasteiger partial charge in [0.15, 0.2) is 0 Å². The lowest BCUT2D eigenvalue weighted by molar-refractivity contribution is -0.0498. The quantitative estimate of drug-likeness (QED) is 0.803. The third-order valence-electron chi connectivity index (χ3n) is 3.70. The normalized spacial score (nSPS) is 17.3. The maximum Gasteiger partial charge on any atom is 0.387 e. The minimum atomic E-state index is -2.76. The van der Waals surface area contributed by atoms with Crippen molar-refractivity contribution in [3.8, 4) is 5.75 Å². The fourth-order valence-corrected chi connectivity index (χ4v) is 2.49. The summed E-state index contributed by atoms with van der Waals surface area (Å²) in [6, 6.07) is 7.38. The first kappa shape index (κ1) is 14.3. The first-order valence-corrected chi connectivity index (χ1v) is 6.99. The van der Waals surface area contributed by atoms with Crippen LogP contribution in [0.2, 0.25) is 0 Å². The number of benzene rings is 1. The zero-order valence-corrected chi connectivity index (χ0v) is 11.2. The van der Waals surface area contributed by atoms with Gasteiger partial charge in [0.1, 0.15) is 5.75 Å². The van der Waals surface area contributed by atoms with Crippen LogP contribution in [-0.4, -0.2) is 13.2 Å². The van der Waals surface area contributed by atoms with Gasteiger partial charge in [0.05, 0.1) is 0 Å². The largest absolute Gasteiger partial charge is 0.435 e. The van der Waals surface area contributed by atoms with Crippen molar-refractivity contribution >= 4 is 0 Å². The Morgan fingerprint density at radius 2 is 1.95 bits per heavy atom. The van der Waals surface area contributed by atoms with Crippen molar-refractivity contribution in [3.63, 3.8) is 0 Å². The van der Waals surface area contributed by atoms with Crippen LogP contribution in [0.1, 0.15) is 44.2 Å². The highest BCUT2D eigenvalue weighted by molar-refractivity contribution is 5.29. The summed E-state index contributed by atoms with van der Waals surface area (Å²) in [5.74, 6) is 0.898. The predicted octanol–water partition coefficient (Wildman–Crippen LogP) is 4.13. The van der Waals surface area contributed by atoms with E-state index in [9.17, 15) is 8.78 Å². The number of hydrogen-bond donors (Lipinski definition) is 1. The summed E-state index contributed by atoms with van der Waals surface area (Å²) < 4.78 is 28.6. The predicted molar refractivity (Wildman–Crippen MR) is 71.4 cm³/mol. The maximum atomic E-state index is 12.1. The number of rotatable bonds is 7. The van der Waals surface area contributed by atoms with E-state index in [1.54, 1.807) is 12.1 Å². The first-order valence-electron chi connectivity index (χ1n) is 6.99. The van der Waals surface area contributed by atoms with Crippen LogP contribution in [0.5, 0.6) is 5.75 Å². The van der Waals surface area contributed by atoms with Crippen molar-refractivity contribution in [1.29, 1.82) is 0 Å². The van der Waals surface area contributed by atoms with E-state index >= 15 is 0 Å². The van der Waals surface area contributed by atoms with Gasteiger partial charge in [-0.05, 0) is 49.4 Å². The molecule has 0 aromatic heterocycles. The van der Waals surface area contributed by atoms with Crippen LogP contribution in [0.15, 0.2) is 24.3 Å². The minimum Gasteiger partial charge on any atom is -0.435 e. The van der Waals surface area contributed by atoms with Crippen molar-refractivity contribution in [1.82, 2.24) is 5.32 Å².